The molecule has 0 spiro atoms. The molecular weight excluding hydrogens is 370 g/mol. The standard InChI is InChI=1S/C17H17N5O6/c1-9-17(24)21(16-13(28-9)5-6-14(18)20-16)8-15(23)19-11-4-3-10(27-2)7-12(11)22(25)26/h3-7,9H,8H2,1-2H3,(H2,18,20)(H,19,23). The highest BCUT2D eigenvalue weighted by molar-refractivity contribution is 6.06. The van der Waals surface area contributed by atoms with Crippen LogP contribution in [0, 0.1) is 10.1 Å². The molecule has 3 rings (SSSR count). The summed E-state index contributed by atoms with van der Waals surface area (Å²) in [5.74, 6) is -0.278. The number of hydrogen-bond acceptors (Lipinski definition) is 8. The number of amides is 2. The van der Waals surface area contributed by atoms with Crippen LogP contribution < -0.4 is 25.4 Å². The summed E-state index contributed by atoms with van der Waals surface area (Å²) in [5.41, 5.74) is 5.31. The van der Waals surface area contributed by atoms with Crippen molar-refractivity contribution >= 4 is 34.8 Å². The van der Waals surface area contributed by atoms with Gasteiger partial charge in [0.05, 0.1) is 18.1 Å². The van der Waals surface area contributed by atoms with Gasteiger partial charge in [-0.2, -0.15) is 0 Å². The molecule has 0 fully saturated rings. The molecule has 1 aromatic heterocycles. The number of nitrogens with zero attached hydrogens (tertiary/aromatic N) is 3. The van der Waals surface area contributed by atoms with Crippen LogP contribution in [0.5, 0.6) is 11.5 Å². The van der Waals surface area contributed by atoms with Gasteiger partial charge in [0.25, 0.3) is 11.6 Å². The Hall–Kier alpha value is -3.89. The molecule has 3 N–H and O–H groups in total. The Kier molecular flexibility index (Phi) is 4.98. The summed E-state index contributed by atoms with van der Waals surface area (Å²) in [6.07, 6.45) is -0.818. The Balaban J connectivity index is 1.85. The van der Waals surface area contributed by atoms with Crippen molar-refractivity contribution in [2.24, 2.45) is 0 Å². The summed E-state index contributed by atoms with van der Waals surface area (Å²) in [5, 5.41) is 13.7. The van der Waals surface area contributed by atoms with E-state index in [0.29, 0.717) is 5.75 Å². The first-order chi connectivity index (χ1) is 13.3. The molecule has 28 heavy (non-hydrogen) atoms. The quantitative estimate of drug-likeness (QED) is 0.576. The van der Waals surface area contributed by atoms with Crippen LogP contribution >= 0.6 is 0 Å². The van der Waals surface area contributed by atoms with Gasteiger partial charge in [0.1, 0.15) is 23.8 Å². The number of nitro groups is 1. The van der Waals surface area contributed by atoms with Crippen LogP contribution in [0.4, 0.5) is 23.0 Å². The SMILES string of the molecule is COc1ccc(NC(=O)CN2C(=O)C(C)Oc3ccc(N)nc32)c([N+](=O)[O-])c1. The number of aromatic nitrogens is 1. The number of carbonyl (C=O) groups excluding carboxylic acids is 2. The Morgan fingerprint density at radius 2 is 2.18 bits per heavy atom. The number of hydrogen-bond donors (Lipinski definition) is 2. The van der Waals surface area contributed by atoms with Crippen LogP contribution in [-0.4, -0.2) is 41.5 Å². The summed E-state index contributed by atoms with van der Waals surface area (Å²) in [4.78, 5) is 40.8. The molecule has 0 aliphatic carbocycles. The fourth-order valence-electron chi connectivity index (χ4n) is 2.68. The van der Waals surface area contributed by atoms with Gasteiger partial charge in [-0.3, -0.25) is 24.6 Å². The zero-order valence-electron chi connectivity index (χ0n) is 15.0. The maximum Gasteiger partial charge on any atom is 0.296 e. The van der Waals surface area contributed by atoms with Gasteiger partial charge in [-0.25, -0.2) is 4.98 Å². The van der Waals surface area contributed by atoms with Crippen LogP contribution in [0.1, 0.15) is 6.92 Å². The number of nitrogens with one attached hydrogen (secondary N) is 1. The summed E-state index contributed by atoms with van der Waals surface area (Å²) in [7, 11) is 1.37. The van der Waals surface area contributed by atoms with Gasteiger partial charge in [-0.15, -0.1) is 0 Å². The van der Waals surface area contributed by atoms with Crippen LogP contribution in [-0.2, 0) is 9.59 Å². The molecule has 0 radical (unpaired) electrons. The van der Waals surface area contributed by atoms with Gasteiger partial charge < -0.3 is 20.5 Å². The number of nitro benzene ring substituents is 1. The molecule has 1 atom stereocenters. The Morgan fingerprint density at radius 3 is 2.86 bits per heavy atom. The molecule has 2 heterocycles. The zero-order chi connectivity index (χ0) is 20.4. The monoisotopic (exact) mass is 387 g/mol. The number of methoxy groups -OCH3 is 1. The number of fused-ring (bicyclic) bond motifs is 1. The van der Waals surface area contributed by atoms with E-state index in [1.807, 2.05) is 0 Å². The van der Waals surface area contributed by atoms with Crippen molar-refractivity contribution in [2.45, 2.75) is 13.0 Å². The first kappa shape index (κ1) is 18.9. The first-order valence-electron chi connectivity index (χ1n) is 8.17. The van der Waals surface area contributed by atoms with Crippen molar-refractivity contribution in [2.75, 3.05) is 29.6 Å². The van der Waals surface area contributed by atoms with E-state index in [2.05, 4.69) is 10.3 Å². The fraction of sp³-hybridized carbons (Fsp3) is 0.235. The molecule has 0 saturated carbocycles. The second-order valence-corrected chi connectivity index (χ2v) is 5.93. The van der Waals surface area contributed by atoms with Gasteiger partial charge in [-0.05, 0) is 31.2 Å². The van der Waals surface area contributed by atoms with Gasteiger partial charge >= 0.3 is 0 Å². The number of nitrogen functional groups attached to an aromatic ring is 1. The summed E-state index contributed by atoms with van der Waals surface area (Å²) in [6.45, 7) is 1.13. The molecular formula is C17H17N5O6. The van der Waals surface area contributed by atoms with Crippen molar-refractivity contribution in [3.63, 3.8) is 0 Å². The van der Waals surface area contributed by atoms with E-state index in [1.54, 1.807) is 13.0 Å². The Morgan fingerprint density at radius 1 is 1.43 bits per heavy atom. The number of nitrogens with two attached hydrogens (primary N) is 1. The number of anilines is 3. The number of rotatable bonds is 5. The zero-order valence-corrected chi connectivity index (χ0v) is 15.0. The average molecular weight is 387 g/mol. The first-order valence-corrected chi connectivity index (χ1v) is 8.17. The lowest BCUT2D eigenvalue weighted by Crippen LogP contribution is -2.48. The highest BCUT2D eigenvalue weighted by Crippen LogP contribution is 2.33. The minimum absolute atomic E-state index is 0.0229. The second kappa shape index (κ2) is 7.39. The third-order valence-electron chi connectivity index (χ3n) is 4.01. The normalized spacial score (nSPS) is 15.4. The molecule has 146 valence electrons. The van der Waals surface area contributed by atoms with Gasteiger partial charge in [0, 0.05) is 0 Å². The summed E-state index contributed by atoms with van der Waals surface area (Å²) in [6, 6.07) is 7.08. The van der Waals surface area contributed by atoms with Crippen molar-refractivity contribution in [1.82, 2.24) is 4.98 Å². The minimum atomic E-state index is -0.818. The number of pyridine rings is 1. The Bertz CT molecular complexity index is 963. The van der Waals surface area contributed by atoms with Gasteiger partial charge in [0.15, 0.2) is 17.7 Å². The predicted molar refractivity (Wildman–Crippen MR) is 99.4 cm³/mol. The summed E-state index contributed by atoms with van der Waals surface area (Å²) < 4.78 is 10.4. The Labute approximate surface area is 159 Å². The lowest BCUT2D eigenvalue weighted by molar-refractivity contribution is -0.384. The second-order valence-electron chi connectivity index (χ2n) is 5.93. The average Bonchev–Trinajstić information content (AvgIpc) is 2.66. The third-order valence-corrected chi connectivity index (χ3v) is 4.01. The maximum absolute atomic E-state index is 12.5. The largest absolute Gasteiger partial charge is 0.496 e. The van der Waals surface area contributed by atoms with E-state index < -0.39 is 29.4 Å². The lowest BCUT2D eigenvalue weighted by atomic mass is 10.2. The molecule has 1 aliphatic heterocycles. The van der Waals surface area contributed by atoms with E-state index in [9.17, 15) is 19.7 Å². The molecule has 1 aliphatic rings. The minimum Gasteiger partial charge on any atom is -0.496 e. The predicted octanol–water partition coefficient (Wildman–Crippen LogP) is 1.33. The van der Waals surface area contributed by atoms with Crippen LogP contribution in [0.2, 0.25) is 0 Å². The van der Waals surface area contributed by atoms with Crippen molar-refractivity contribution in [1.29, 1.82) is 0 Å². The van der Waals surface area contributed by atoms with Crippen molar-refractivity contribution in [3.05, 3.63) is 40.4 Å². The van der Waals surface area contributed by atoms with E-state index in [0.717, 1.165) is 4.90 Å². The van der Waals surface area contributed by atoms with E-state index in [1.165, 1.54) is 31.4 Å². The van der Waals surface area contributed by atoms with Crippen LogP contribution in [0.15, 0.2) is 30.3 Å². The topological polar surface area (TPSA) is 150 Å². The van der Waals surface area contributed by atoms with Crippen molar-refractivity contribution < 1.29 is 24.0 Å². The fourth-order valence-corrected chi connectivity index (χ4v) is 2.68. The number of ether oxygens (including phenoxy) is 2. The third kappa shape index (κ3) is 3.63. The van der Waals surface area contributed by atoms with Crippen LogP contribution in [0.3, 0.4) is 0 Å². The van der Waals surface area contributed by atoms with Crippen LogP contribution in [0.25, 0.3) is 0 Å². The lowest BCUT2D eigenvalue weighted by Gasteiger charge is -2.31. The molecule has 0 saturated heterocycles. The van der Waals surface area contributed by atoms with E-state index in [4.69, 9.17) is 15.2 Å². The van der Waals surface area contributed by atoms with E-state index in [-0.39, 0.29) is 28.8 Å². The molecule has 2 aromatic rings. The molecule has 11 nitrogen and oxygen atoms in total. The van der Waals surface area contributed by atoms with E-state index >= 15 is 0 Å². The molecule has 0 bridgehead atoms. The number of carbonyl (C=O) groups is 2. The highest BCUT2D eigenvalue weighted by atomic mass is 16.6. The number of benzene rings is 1. The summed E-state index contributed by atoms with van der Waals surface area (Å²) >= 11 is 0. The smallest absolute Gasteiger partial charge is 0.296 e. The molecule has 11 heteroatoms. The van der Waals surface area contributed by atoms with Crippen molar-refractivity contribution in [3.8, 4) is 11.5 Å². The molecule has 1 unspecified atom stereocenters. The highest BCUT2D eigenvalue weighted by Gasteiger charge is 2.34. The molecule has 2 amide bonds. The van der Waals surface area contributed by atoms with Gasteiger partial charge in [-0.1, -0.05) is 0 Å². The molecule has 1 aromatic carbocycles. The maximum atomic E-state index is 12.5. The van der Waals surface area contributed by atoms with Gasteiger partial charge in [0.2, 0.25) is 5.91 Å².